The molecule has 1 aromatic heterocycles. The number of carbonyl (C=O) groups is 3. The molecule has 7 nitrogen and oxygen atoms in total. The summed E-state index contributed by atoms with van der Waals surface area (Å²) < 4.78 is 6.07. The maximum atomic E-state index is 13.2. The zero-order valence-corrected chi connectivity index (χ0v) is 21.0. The standard InChI is InChI=1S/C26H17Cl3N2O5/c1-2-36-26(35)21-17(25(34)31(30-21)22-19(28)12-14(27)13-20(22)29)10-4-3-5-11-18-23(32)15-8-6-7-9-16(15)24(18)33/h3,6-13,30H,2,5H2,1H3. The highest BCUT2D eigenvalue weighted by Crippen LogP contribution is 2.31. The summed E-state index contributed by atoms with van der Waals surface area (Å²) in [6, 6.07) is 9.44. The van der Waals surface area contributed by atoms with Crippen LogP contribution in [0, 0.1) is 0 Å². The molecule has 0 bridgehead atoms. The maximum absolute atomic E-state index is 13.2. The highest BCUT2D eigenvalue weighted by atomic mass is 35.5. The lowest BCUT2D eigenvalue weighted by Gasteiger charge is -2.07. The van der Waals surface area contributed by atoms with Gasteiger partial charge in [-0.3, -0.25) is 19.5 Å². The second-order valence-corrected chi connectivity index (χ2v) is 8.80. The van der Waals surface area contributed by atoms with Gasteiger partial charge in [0.2, 0.25) is 0 Å². The topological polar surface area (TPSA) is 98.2 Å². The van der Waals surface area contributed by atoms with Gasteiger partial charge in [-0.05, 0) is 37.6 Å². The van der Waals surface area contributed by atoms with Crippen LogP contribution in [0.5, 0.6) is 0 Å². The Labute approximate surface area is 220 Å². The fourth-order valence-corrected chi connectivity index (χ4v) is 4.68. The molecule has 10 heteroatoms. The molecule has 36 heavy (non-hydrogen) atoms. The normalized spacial score (nSPS) is 12.3. The molecule has 3 aromatic rings. The largest absolute Gasteiger partial charge is 0.461 e. The van der Waals surface area contributed by atoms with Gasteiger partial charge in [-0.2, -0.15) is 0 Å². The van der Waals surface area contributed by atoms with Crippen molar-refractivity contribution in [2.24, 2.45) is 0 Å². The Morgan fingerprint density at radius 3 is 2.25 bits per heavy atom. The molecule has 0 aliphatic heterocycles. The predicted octanol–water partition coefficient (Wildman–Crippen LogP) is 5.87. The van der Waals surface area contributed by atoms with E-state index in [4.69, 9.17) is 39.5 Å². The first-order valence-electron chi connectivity index (χ1n) is 10.7. The quantitative estimate of drug-likeness (QED) is 0.182. The molecule has 0 fully saturated rings. The van der Waals surface area contributed by atoms with Crippen molar-refractivity contribution in [3.63, 3.8) is 0 Å². The Balaban J connectivity index is 1.68. The minimum absolute atomic E-state index is 0.0418. The molecule has 4 rings (SSSR count). The highest BCUT2D eigenvalue weighted by Gasteiger charge is 2.32. The molecule has 2 aromatic carbocycles. The number of hydrogen-bond acceptors (Lipinski definition) is 5. The van der Waals surface area contributed by atoms with Crippen LogP contribution in [-0.2, 0) is 4.74 Å². The van der Waals surface area contributed by atoms with Gasteiger partial charge in [0.15, 0.2) is 17.3 Å². The fourth-order valence-electron chi connectivity index (χ4n) is 3.69. The number of H-pyrrole nitrogens is 1. The van der Waals surface area contributed by atoms with E-state index in [-0.39, 0.29) is 62.2 Å². The number of Topliss-reactive ketones (excluding diaryl/α,β-unsaturated/α-hetero) is 2. The van der Waals surface area contributed by atoms with Crippen LogP contribution in [-0.4, -0.2) is 33.9 Å². The molecule has 0 amide bonds. The summed E-state index contributed by atoms with van der Waals surface area (Å²) in [4.78, 5) is 50.6. The predicted molar refractivity (Wildman–Crippen MR) is 138 cm³/mol. The summed E-state index contributed by atoms with van der Waals surface area (Å²) in [6.07, 6.45) is 4.51. The summed E-state index contributed by atoms with van der Waals surface area (Å²) in [7, 11) is 0. The van der Waals surface area contributed by atoms with E-state index < -0.39 is 11.5 Å². The monoisotopic (exact) mass is 542 g/mol. The van der Waals surface area contributed by atoms with Crippen molar-refractivity contribution in [2.75, 3.05) is 6.61 Å². The average Bonchev–Trinajstić information content (AvgIpc) is 3.28. The maximum Gasteiger partial charge on any atom is 0.357 e. The number of benzene rings is 2. The number of aromatic amines is 1. The molecule has 182 valence electrons. The first-order valence-corrected chi connectivity index (χ1v) is 11.8. The number of halogens is 3. The molecule has 1 N–H and O–H groups in total. The van der Waals surface area contributed by atoms with Crippen LogP contribution in [0.3, 0.4) is 0 Å². The van der Waals surface area contributed by atoms with Crippen molar-refractivity contribution in [1.29, 1.82) is 0 Å². The average molecular weight is 544 g/mol. The molecular formula is C26H17Cl3N2O5. The summed E-state index contributed by atoms with van der Waals surface area (Å²) in [5.74, 6) is -1.42. The summed E-state index contributed by atoms with van der Waals surface area (Å²) >= 11 is 18.5. The summed E-state index contributed by atoms with van der Waals surface area (Å²) in [5, 5.41) is 3.15. The van der Waals surface area contributed by atoms with Crippen LogP contribution in [0.4, 0.5) is 0 Å². The van der Waals surface area contributed by atoms with Crippen LogP contribution in [0.1, 0.15) is 50.1 Å². The van der Waals surface area contributed by atoms with E-state index in [0.717, 1.165) is 4.68 Å². The lowest BCUT2D eigenvalue weighted by molar-refractivity contribution is 0.0518. The summed E-state index contributed by atoms with van der Waals surface area (Å²) in [5.41, 5.74) is 2.97. The molecule has 0 unspecified atom stereocenters. The Morgan fingerprint density at radius 2 is 1.67 bits per heavy atom. The number of ketones is 2. The number of rotatable bonds is 6. The van der Waals surface area contributed by atoms with Crippen molar-refractivity contribution >= 4 is 58.4 Å². The first kappa shape index (κ1) is 25.5. The number of carbonyl (C=O) groups excluding carboxylic acids is 3. The molecule has 1 heterocycles. The molecule has 1 aliphatic rings. The van der Waals surface area contributed by atoms with Gasteiger partial charge in [-0.25, -0.2) is 9.48 Å². The van der Waals surface area contributed by atoms with Crippen LogP contribution in [0.25, 0.3) is 11.8 Å². The van der Waals surface area contributed by atoms with Crippen molar-refractivity contribution in [1.82, 2.24) is 9.78 Å². The van der Waals surface area contributed by atoms with Crippen LogP contribution < -0.4 is 5.56 Å². The van der Waals surface area contributed by atoms with E-state index in [9.17, 15) is 19.2 Å². The lowest BCUT2D eigenvalue weighted by atomic mass is 10.1. The minimum Gasteiger partial charge on any atom is -0.461 e. The third-order valence-electron chi connectivity index (χ3n) is 5.30. The van der Waals surface area contributed by atoms with Crippen LogP contribution >= 0.6 is 34.8 Å². The Kier molecular flexibility index (Phi) is 7.48. The number of nitrogens with one attached hydrogen (secondary N) is 1. The van der Waals surface area contributed by atoms with Crippen molar-refractivity contribution < 1.29 is 19.1 Å². The smallest absolute Gasteiger partial charge is 0.357 e. The van der Waals surface area contributed by atoms with E-state index in [2.05, 4.69) is 10.8 Å². The molecule has 0 saturated carbocycles. The Hall–Kier alpha value is -3.61. The first-order chi connectivity index (χ1) is 17.2. The van der Waals surface area contributed by atoms with Gasteiger partial charge in [-0.1, -0.05) is 65.1 Å². The number of aromatic nitrogens is 2. The van der Waals surface area contributed by atoms with E-state index in [1.54, 1.807) is 31.2 Å². The molecular weight excluding hydrogens is 527 g/mol. The van der Waals surface area contributed by atoms with Gasteiger partial charge >= 0.3 is 5.97 Å². The molecule has 0 atom stereocenters. The van der Waals surface area contributed by atoms with Gasteiger partial charge in [0.25, 0.3) is 5.56 Å². The minimum atomic E-state index is -0.760. The van der Waals surface area contributed by atoms with Gasteiger partial charge in [-0.15, -0.1) is 5.73 Å². The third-order valence-corrected chi connectivity index (χ3v) is 6.10. The molecule has 0 spiro atoms. The Morgan fingerprint density at radius 1 is 1.06 bits per heavy atom. The van der Waals surface area contributed by atoms with E-state index in [1.165, 1.54) is 30.4 Å². The summed E-state index contributed by atoms with van der Waals surface area (Å²) in [6.45, 7) is 1.72. The molecule has 0 radical (unpaired) electrons. The van der Waals surface area contributed by atoms with Crippen molar-refractivity contribution in [3.05, 3.63) is 108 Å². The fraction of sp³-hybridized carbons (Fsp3) is 0.115. The third kappa shape index (κ3) is 4.74. The van der Waals surface area contributed by atoms with E-state index >= 15 is 0 Å². The number of allylic oxidation sites excluding steroid dienone is 3. The van der Waals surface area contributed by atoms with Crippen LogP contribution in [0.15, 0.2) is 64.6 Å². The zero-order chi connectivity index (χ0) is 26.0. The van der Waals surface area contributed by atoms with E-state index in [0.29, 0.717) is 11.1 Å². The lowest BCUT2D eigenvalue weighted by Crippen LogP contribution is -2.16. The van der Waals surface area contributed by atoms with Gasteiger partial charge < -0.3 is 4.74 Å². The SMILES string of the molecule is CCOC(=O)c1[nH]n(-c2c(Cl)cc(Cl)cc2Cl)c(=O)c1C=C=CCC=C1C(=O)c2ccccc2C1=O. The zero-order valence-electron chi connectivity index (χ0n) is 18.7. The second kappa shape index (κ2) is 10.6. The number of nitrogens with zero attached hydrogens (tertiary/aromatic N) is 1. The van der Waals surface area contributed by atoms with Gasteiger partial charge in [0.05, 0.1) is 27.8 Å². The molecule has 0 saturated heterocycles. The number of fused-ring (bicyclic) bond motifs is 1. The van der Waals surface area contributed by atoms with Crippen molar-refractivity contribution in [3.8, 4) is 5.69 Å². The van der Waals surface area contributed by atoms with Crippen molar-refractivity contribution in [2.45, 2.75) is 13.3 Å². The number of ether oxygens (including phenoxy) is 1. The second-order valence-electron chi connectivity index (χ2n) is 7.55. The Bertz CT molecular complexity index is 1510. The van der Waals surface area contributed by atoms with Gasteiger partial charge in [0.1, 0.15) is 5.69 Å². The molecule has 1 aliphatic carbocycles. The number of hydrogen-bond donors (Lipinski definition) is 1. The number of esters is 1. The van der Waals surface area contributed by atoms with Crippen LogP contribution in [0.2, 0.25) is 15.1 Å². The van der Waals surface area contributed by atoms with E-state index in [1.807, 2.05) is 0 Å². The van der Waals surface area contributed by atoms with Gasteiger partial charge in [0, 0.05) is 16.1 Å². The highest BCUT2D eigenvalue weighted by molar-refractivity contribution is 6.41.